The summed E-state index contributed by atoms with van der Waals surface area (Å²) < 4.78 is 26.0. The Morgan fingerprint density at radius 1 is 1.24 bits per heavy atom. The van der Waals surface area contributed by atoms with Crippen molar-refractivity contribution in [1.29, 1.82) is 0 Å². The maximum Gasteiger partial charge on any atom is 0.284 e. The first kappa shape index (κ1) is 40.0. The summed E-state index contributed by atoms with van der Waals surface area (Å²) in [5.74, 6) is 0.941. The second-order valence-electron chi connectivity index (χ2n) is 11.6. The van der Waals surface area contributed by atoms with Crippen molar-refractivity contribution in [1.82, 2.24) is 19.7 Å². The number of benzene rings is 1. The van der Waals surface area contributed by atoms with E-state index in [0.717, 1.165) is 46.5 Å². The zero-order valence-electron chi connectivity index (χ0n) is 28.3. The molecule has 1 aromatic carbocycles. The van der Waals surface area contributed by atoms with Gasteiger partial charge in [0.2, 0.25) is 0 Å². The first-order valence-electron chi connectivity index (χ1n) is 15.6. The van der Waals surface area contributed by atoms with Crippen LogP contribution in [-0.2, 0) is 0 Å². The lowest BCUT2D eigenvalue weighted by atomic mass is 9.86. The third-order valence-electron chi connectivity index (χ3n) is 8.15. The van der Waals surface area contributed by atoms with E-state index in [1.54, 1.807) is 18.0 Å². The summed E-state index contributed by atoms with van der Waals surface area (Å²) in [6.07, 6.45) is 4.10. The molecule has 0 amide bonds. The van der Waals surface area contributed by atoms with Crippen LogP contribution in [0.2, 0.25) is 5.02 Å². The third-order valence-corrected chi connectivity index (χ3v) is 9.28. The first-order chi connectivity index (χ1) is 21.6. The summed E-state index contributed by atoms with van der Waals surface area (Å²) in [4.78, 5) is 11.1. The maximum atomic E-state index is 13.0. The number of nitrogens with zero attached hydrogens (tertiary/aromatic N) is 4. The molecule has 0 radical (unpaired) electrons. The Kier molecular flexibility index (Phi) is 16.0. The monoisotopic (exact) mass is 693 g/mol. The van der Waals surface area contributed by atoms with Crippen LogP contribution >= 0.6 is 30.1 Å². The number of pyridine rings is 1. The predicted octanol–water partition coefficient (Wildman–Crippen LogP) is 7.19. The van der Waals surface area contributed by atoms with Crippen molar-refractivity contribution in [3.63, 3.8) is 0 Å². The van der Waals surface area contributed by atoms with Gasteiger partial charge in [-0.1, -0.05) is 60.0 Å². The zero-order valence-corrected chi connectivity index (χ0v) is 31.4. The number of aryl methyl sites for hydroxylation is 1. The number of allylic oxidation sites excluding steroid dienone is 4. The molecule has 2 N–H and O–H groups in total. The second kappa shape index (κ2) is 18.4. The summed E-state index contributed by atoms with van der Waals surface area (Å²) >= 11 is 6.03. The van der Waals surface area contributed by atoms with Gasteiger partial charge in [-0.3, -0.25) is 9.80 Å². The molecule has 4 rings (SSSR count). The minimum atomic E-state index is -3.19. The molecule has 0 bridgehead atoms. The SMILES string of the molecule is C/C=C(/CN1CC2C1CN2C)Nc1cc(C)ccn1.C=C(/C=C(/C)C(=C)N(C)CCC(O)C(F)(F)P)c1cc(Cl)ccc1P.CC. The van der Waals surface area contributed by atoms with Gasteiger partial charge in [-0.15, -0.1) is 9.24 Å². The molecule has 2 saturated heterocycles. The van der Waals surface area contributed by atoms with Gasteiger partial charge < -0.3 is 15.3 Å². The highest BCUT2D eigenvalue weighted by Gasteiger charge is 2.49. The van der Waals surface area contributed by atoms with Crippen LogP contribution in [-0.4, -0.2) is 88.9 Å². The molecule has 1 aromatic heterocycles. The molecule has 2 aliphatic heterocycles. The smallest absolute Gasteiger partial charge is 0.284 e. The lowest BCUT2D eigenvalue weighted by molar-refractivity contribution is -0.105. The fourth-order valence-corrected chi connectivity index (χ4v) is 5.82. The van der Waals surface area contributed by atoms with Gasteiger partial charge in [-0.2, -0.15) is 8.78 Å². The number of hydrogen-bond acceptors (Lipinski definition) is 6. The molecule has 2 fully saturated rings. The van der Waals surface area contributed by atoms with Gasteiger partial charge in [0, 0.05) is 67.9 Å². The highest BCUT2D eigenvalue weighted by Crippen LogP contribution is 2.32. The number of anilines is 1. The number of piperazine rings is 1. The highest BCUT2D eigenvalue weighted by molar-refractivity contribution is 7.27. The minimum Gasteiger partial charge on any atom is -0.386 e. The number of alkyl halides is 2. The molecular weight excluding hydrogens is 642 g/mol. The molecule has 0 aliphatic carbocycles. The van der Waals surface area contributed by atoms with Crippen molar-refractivity contribution < 1.29 is 13.9 Å². The Morgan fingerprint density at radius 3 is 2.46 bits per heavy atom. The van der Waals surface area contributed by atoms with E-state index in [9.17, 15) is 13.9 Å². The second-order valence-corrected chi connectivity index (χ2v) is 13.4. The van der Waals surface area contributed by atoms with Crippen LogP contribution in [0, 0.1) is 6.92 Å². The number of likely N-dealkylation sites (tertiary alicyclic amines) is 2. The Morgan fingerprint density at radius 2 is 1.91 bits per heavy atom. The molecule has 5 atom stereocenters. The fourth-order valence-electron chi connectivity index (χ4n) is 5.11. The van der Waals surface area contributed by atoms with Crippen LogP contribution in [0.3, 0.4) is 0 Å². The average molecular weight is 694 g/mol. The van der Waals surface area contributed by atoms with Crippen LogP contribution in [0.1, 0.15) is 45.2 Å². The number of fused-ring (bicyclic) bond motifs is 1. The quantitative estimate of drug-likeness (QED) is 0.181. The van der Waals surface area contributed by atoms with E-state index in [1.807, 2.05) is 51.2 Å². The zero-order chi connectivity index (χ0) is 34.8. The van der Waals surface area contributed by atoms with Gasteiger partial charge in [0.1, 0.15) is 11.9 Å². The summed E-state index contributed by atoms with van der Waals surface area (Å²) in [5, 5.41) is 14.5. The average Bonchev–Trinajstić information content (AvgIpc) is 3.01. The van der Waals surface area contributed by atoms with Crippen molar-refractivity contribution in [2.75, 3.05) is 45.6 Å². The van der Waals surface area contributed by atoms with Crippen LogP contribution in [0.15, 0.2) is 78.8 Å². The minimum absolute atomic E-state index is 0.0652. The summed E-state index contributed by atoms with van der Waals surface area (Å²) in [5.41, 5.74) is 2.49. The van der Waals surface area contributed by atoms with Crippen LogP contribution in [0.25, 0.3) is 5.57 Å². The number of aromatic nitrogens is 1. The molecule has 11 heteroatoms. The number of aliphatic hydroxyl groups is 1. The number of halogens is 3. The molecule has 46 heavy (non-hydrogen) atoms. The van der Waals surface area contributed by atoms with Crippen molar-refractivity contribution in [2.45, 2.75) is 64.9 Å². The van der Waals surface area contributed by atoms with Gasteiger partial charge in [-0.25, -0.2) is 4.98 Å². The molecule has 5 unspecified atom stereocenters. The molecule has 3 heterocycles. The van der Waals surface area contributed by atoms with Gasteiger partial charge in [0.05, 0.1) is 0 Å². The van der Waals surface area contributed by atoms with Crippen molar-refractivity contribution in [3.05, 3.63) is 95.0 Å². The Hall–Kier alpha value is -2.18. The molecule has 0 saturated carbocycles. The van der Waals surface area contributed by atoms with Gasteiger partial charge >= 0.3 is 0 Å². The van der Waals surface area contributed by atoms with Crippen molar-refractivity contribution in [3.8, 4) is 0 Å². The molecule has 2 aromatic rings. The molecule has 6 nitrogen and oxygen atoms in total. The molecule has 2 aliphatic rings. The molecule has 254 valence electrons. The van der Waals surface area contributed by atoms with Crippen LogP contribution in [0.5, 0.6) is 0 Å². The fraction of sp³-hybridized carbons (Fsp3) is 0.457. The van der Waals surface area contributed by atoms with Crippen molar-refractivity contribution >= 4 is 46.8 Å². The van der Waals surface area contributed by atoms with Crippen LogP contribution < -0.4 is 10.6 Å². The van der Waals surface area contributed by atoms with Gasteiger partial charge in [0.25, 0.3) is 5.66 Å². The number of likely N-dealkylation sites (N-methyl/N-ethyl adjacent to an activating group) is 2. The number of rotatable bonds is 12. The first-order valence-corrected chi connectivity index (χ1v) is 17.1. The van der Waals surface area contributed by atoms with E-state index < -0.39 is 11.8 Å². The van der Waals surface area contributed by atoms with E-state index in [1.165, 1.54) is 33.6 Å². The number of nitrogens with one attached hydrogen (secondary N) is 1. The Balaban J connectivity index is 0.000000312. The van der Waals surface area contributed by atoms with Gasteiger partial charge in [-0.05, 0) is 92.2 Å². The van der Waals surface area contributed by atoms with E-state index in [-0.39, 0.29) is 13.0 Å². The van der Waals surface area contributed by atoms with E-state index in [2.05, 4.69) is 75.5 Å². The van der Waals surface area contributed by atoms with E-state index in [4.69, 9.17) is 11.6 Å². The number of hydrogen-bond donors (Lipinski definition) is 2. The van der Waals surface area contributed by atoms with E-state index in [0.29, 0.717) is 10.7 Å². The number of aliphatic hydroxyl groups excluding tert-OH is 1. The Labute approximate surface area is 285 Å². The summed E-state index contributed by atoms with van der Waals surface area (Å²) in [6.45, 7) is 21.8. The highest BCUT2D eigenvalue weighted by atomic mass is 35.5. The lowest BCUT2D eigenvalue weighted by Gasteiger charge is -2.61. The van der Waals surface area contributed by atoms with E-state index >= 15 is 0 Å². The largest absolute Gasteiger partial charge is 0.386 e. The topological polar surface area (TPSA) is 54.9 Å². The lowest BCUT2D eigenvalue weighted by Crippen LogP contribution is -2.77. The van der Waals surface area contributed by atoms with Gasteiger partial charge in [0.15, 0.2) is 0 Å². The third kappa shape index (κ3) is 11.5. The van der Waals surface area contributed by atoms with Crippen molar-refractivity contribution in [2.24, 2.45) is 0 Å². The molecular formula is C35H52ClF2N5OP2. The summed E-state index contributed by atoms with van der Waals surface area (Å²) in [6, 6.07) is 11.2. The Bertz CT molecular complexity index is 1400. The molecule has 0 spiro atoms. The summed E-state index contributed by atoms with van der Waals surface area (Å²) in [7, 11) is 7.96. The van der Waals surface area contributed by atoms with Crippen LogP contribution in [0.4, 0.5) is 14.6 Å². The maximum absolute atomic E-state index is 13.0. The normalized spacial score (nSPS) is 18.8. The standard InChI is InChI=1S/C18H24ClF2NOP2.C15H22N4.C2H6/c1-11(9-12(2)15-10-14(19)5-6-16(15)24)13(3)22(4)8-7-17(23)18(20,21)25;1-4-12(17-15-7-11(2)5-6-16-15)8-19-10-13-14(19)9-18(13)3;1-2/h5-6,9-10,17,23H,2-3,7-8,24-25H2,1,4H3;4-7,13-14H,8-10H2,1-3H3,(H,16,17);1-2H3/b11-9-;12-4-;. The predicted molar refractivity (Wildman–Crippen MR) is 200 cm³/mol.